The van der Waals surface area contributed by atoms with E-state index in [-0.39, 0.29) is 5.82 Å². The number of aldehydes is 1. The van der Waals surface area contributed by atoms with Crippen LogP contribution in [0.2, 0.25) is 0 Å². The van der Waals surface area contributed by atoms with Crippen LogP contribution >= 0.6 is 0 Å². The first-order valence-corrected chi connectivity index (χ1v) is 9.84. The molecule has 29 heavy (non-hydrogen) atoms. The Balaban J connectivity index is 0.000000199. The maximum Gasteiger partial charge on any atom is 0.248 e. The number of nitrogen functional groups attached to an aromatic ring is 1. The highest BCUT2D eigenvalue weighted by Gasteiger charge is 2.40. The predicted octanol–water partition coefficient (Wildman–Crippen LogP) is 3.81. The van der Waals surface area contributed by atoms with Gasteiger partial charge in [-0.3, -0.25) is 4.79 Å². The Labute approximate surface area is 171 Å². The van der Waals surface area contributed by atoms with Gasteiger partial charge in [-0.05, 0) is 86.1 Å². The molecule has 1 fully saturated rings. The molecular formula is C23H30FN3O2. The molecule has 1 saturated carbocycles. The highest BCUT2D eigenvalue weighted by molar-refractivity contribution is 5.93. The number of primary amides is 1. The van der Waals surface area contributed by atoms with Crippen molar-refractivity contribution in [3.05, 3.63) is 59.4 Å². The van der Waals surface area contributed by atoms with Crippen molar-refractivity contribution in [2.24, 2.45) is 17.6 Å². The third-order valence-electron chi connectivity index (χ3n) is 5.29. The molecule has 0 aromatic heterocycles. The van der Waals surface area contributed by atoms with E-state index in [2.05, 4.69) is 18.9 Å². The second kappa shape index (κ2) is 10.0. The van der Waals surface area contributed by atoms with Crippen molar-refractivity contribution in [3.8, 4) is 0 Å². The molecule has 1 amide bonds. The highest BCUT2D eigenvalue weighted by Crippen LogP contribution is 2.44. The summed E-state index contributed by atoms with van der Waals surface area (Å²) in [4.78, 5) is 21.7. The quantitative estimate of drug-likeness (QED) is 0.594. The molecule has 5 nitrogen and oxygen atoms in total. The Morgan fingerprint density at radius 1 is 1.17 bits per heavy atom. The Morgan fingerprint density at radius 2 is 1.76 bits per heavy atom. The number of hydrogen-bond donors (Lipinski definition) is 2. The van der Waals surface area contributed by atoms with Gasteiger partial charge in [-0.25, -0.2) is 4.39 Å². The minimum absolute atomic E-state index is 0.107. The number of anilines is 2. The maximum absolute atomic E-state index is 13.2. The monoisotopic (exact) mass is 399 g/mol. The molecule has 156 valence electrons. The van der Waals surface area contributed by atoms with E-state index in [9.17, 15) is 9.18 Å². The second-order valence-corrected chi connectivity index (χ2v) is 7.62. The Kier molecular flexibility index (Phi) is 7.76. The fraction of sp³-hybridized carbons (Fsp3) is 0.391. The van der Waals surface area contributed by atoms with E-state index in [0.717, 1.165) is 18.6 Å². The number of amides is 1. The van der Waals surface area contributed by atoms with E-state index in [0.29, 0.717) is 23.2 Å². The van der Waals surface area contributed by atoms with Crippen LogP contribution in [0.5, 0.6) is 0 Å². The first-order chi connectivity index (χ1) is 13.8. The number of benzene rings is 2. The van der Waals surface area contributed by atoms with Crippen LogP contribution < -0.4 is 16.4 Å². The molecule has 4 N–H and O–H groups in total. The second-order valence-electron chi connectivity index (χ2n) is 7.62. The Hall–Kier alpha value is -2.89. The van der Waals surface area contributed by atoms with Gasteiger partial charge in [-0.15, -0.1) is 0 Å². The fourth-order valence-corrected chi connectivity index (χ4v) is 3.94. The molecular weight excluding hydrogens is 369 g/mol. The third kappa shape index (κ3) is 6.04. The van der Waals surface area contributed by atoms with E-state index >= 15 is 0 Å². The largest absolute Gasteiger partial charge is 0.399 e. The minimum Gasteiger partial charge on any atom is -0.399 e. The number of nitrogens with two attached hydrogens (primary N) is 2. The Bertz CT molecular complexity index is 835. The van der Waals surface area contributed by atoms with Crippen molar-refractivity contribution in [2.75, 3.05) is 17.7 Å². The van der Waals surface area contributed by atoms with Gasteiger partial charge < -0.3 is 21.2 Å². The lowest BCUT2D eigenvalue weighted by atomic mass is 9.85. The Morgan fingerprint density at radius 3 is 2.28 bits per heavy atom. The summed E-state index contributed by atoms with van der Waals surface area (Å²) < 4.78 is 13.2. The van der Waals surface area contributed by atoms with Gasteiger partial charge in [0.25, 0.3) is 0 Å². The standard InChI is InChI=1S/C14H18FN.C7H8N2O.C2H4O/c1-9-7-11-8-12(15)5-6-13(11)16(2)14(9)10-3-4-10;8-6-3-1-5(2-4-6)7(9)10;1-2-3/h5-6,8-10,14H,3-4,7H2,1-2H3;1-4H,8H2,(H2,9,10);2H,1H3/t9?,14-;;/m1../s1. The molecule has 2 aromatic rings. The lowest BCUT2D eigenvalue weighted by Gasteiger charge is -2.40. The highest BCUT2D eigenvalue weighted by atomic mass is 19.1. The molecule has 2 aliphatic rings. The molecule has 4 rings (SSSR count). The van der Waals surface area contributed by atoms with Gasteiger partial charge in [0.05, 0.1) is 0 Å². The number of fused-ring (bicyclic) bond motifs is 1. The minimum atomic E-state index is -0.431. The molecule has 2 atom stereocenters. The van der Waals surface area contributed by atoms with Crippen LogP contribution in [0.15, 0.2) is 42.5 Å². The third-order valence-corrected chi connectivity index (χ3v) is 5.29. The zero-order chi connectivity index (χ0) is 21.6. The van der Waals surface area contributed by atoms with Gasteiger partial charge in [-0.2, -0.15) is 0 Å². The van der Waals surface area contributed by atoms with Crippen LogP contribution in [0.3, 0.4) is 0 Å². The molecule has 0 spiro atoms. The average Bonchev–Trinajstić information content (AvgIpc) is 3.48. The summed E-state index contributed by atoms with van der Waals surface area (Å²) in [6, 6.07) is 12.3. The van der Waals surface area contributed by atoms with Crippen molar-refractivity contribution >= 4 is 23.6 Å². The molecule has 0 saturated heterocycles. The van der Waals surface area contributed by atoms with E-state index in [1.807, 2.05) is 6.07 Å². The zero-order valence-electron chi connectivity index (χ0n) is 17.3. The lowest BCUT2D eigenvalue weighted by Crippen LogP contribution is -2.43. The van der Waals surface area contributed by atoms with Gasteiger partial charge in [-0.1, -0.05) is 6.92 Å². The first-order valence-electron chi connectivity index (χ1n) is 9.84. The van der Waals surface area contributed by atoms with Crippen LogP contribution in [0.4, 0.5) is 15.8 Å². The fourth-order valence-electron chi connectivity index (χ4n) is 3.94. The average molecular weight is 400 g/mol. The molecule has 1 heterocycles. The summed E-state index contributed by atoms with van der Waals surface area (Å²) in [5, 5.41) is 0. The molecule has 2 aromatic carbocycles. The summed E-state index contributed by atoms with van der Waals surface area (Å²) in [5.74, 6) is 0.981. The van der Waals surface area contributed by atoms with Crippen molar-refractivity contribution in [3.63, 3.8) is 0 Å². The zero-order valence-corrected chi connectivity index (χ0v) is 17.3. The van der Waals surface area contributed by atoms with E-state index in [1.165, 1.54) is 31.0 Å². The van der Waals surface area contributed by atoms with Gasteiger partial charge in [0, 0.05) is 30.0 Å². The van der Waals surface area contributed by atoms with Crippen LogP contribution in [-0.4, -0.2) is 25.3 Å². The van der Waals surface area contributed by atoms with Crippen LogP contribution in [0.25, 0.3) is 0 Å². The SMILES string of the molecule is CC1Cc2cc(F)ccc2N(C)[C@H]1C1CC1.CC=O.NC(=O)c1ccc(N)cc1. The molecule has 1 unspecified atom stereocenters. The van der Waals surface area contributed by atoms with E-state index < -0.39 is 5.91 Å². The number of rotatable bonds is 2. The smallest absolute Gasteiger partial charge is 0.248 e. The topological polar surface area (TPSA) is 89.4 Å². The predicted molar refractivity (Wildman–Crippen MR) is 115 cm³/mol. The number of hydrogen-bond acceptors (Lipinski definition) is 4. The van der Waals surface area contributed by atoms with Gasteiger partial charge in [0.2, 0.25) is 5.91 Å². The molecule has 0 radical (unpaired) electrons. The number of carbonyl (C=O) groups excluding carboxylic acids is 2. The van der Waals surface area contributed by atoms with Gasteiger partial charge in [0.1, 0.15) is 12.1 Å². The normalized spacial score (nSPS) is 19.7. The van der Waals surface area contributed by atoms with Crippen molar-refractivity contribution < 1.29 is 14.0 Å². The number of halogens is 1. The van der Waals surface area contributed by atoms with Gasteiger partial charge in [0.15, 0.2) is 0 Å². The van der Waals surface area contributed by atoms with Gasteiger partial charge >= 0.3 is 0 Å². The first kappa shape index (κ1) is 22.4. The number of carbonyl (C=O) groups is 2. The maximum atomic E-state index is 13.2. The number of nitrogens with zero attached hydrogens (tertiary/aromatic N) is 1. The molecule has 1 aliphatic carbocycles. The van der Waals surface area contributed by atoms with Crippen LogP contribution in [-0.2, 0) is 11.2 Å². The molecule has 6 heteroatoms. The summed E-state index contributed by atoms with van der Waals surface area (Å²) in [6.07, 6.45) is 4.52. The summed E-state index contributed by atoms with van der Waals surface area (Å²) in [7, 11) is 2.16. The van der Waals surface area contributed by atoms with E-state index in [1.54, 1.807) is 36.4 Å². The molecule has 0 bridgehead atoms. The summed E-state index contributed by atoms with van der Waals surface area (Å²) in [5.41, 5.74) is 13.9. The van der Waals surface area contributed by atoms with E-state index in [4.69, 9.17) is 16.3 Å². The van der Waals surface area contributed by atoms with Crippen molar-refractivity contribution in [2.45, 2.75) is 39.2 Å². The van der Waals surface area contributed by atoms with Crippen LogP contribution in [0, 0.1) is 17.7 Å². The van der Waals surface area contributed by atoms with Crippen molar-refractivity contribution in [1.82, 2.24) is 0 Å². The van der Waals surface area contributed by atoms with Crippen molar-refractivity contribution in [1.29, 1.82) is 0 Å². The summed E-state index contributed by atoms with van der Waals surface area (Å²) >= 11 is 0. The lowest BCUT2D eigenvalue weighted by molar-refractivity contribution is -0.106. The molecule has 1 aliphatic heterocycles. The van der Waals surface area contributed by atoms with Crippen LogP contribution in [0.1, 0.15) is 42.6 Å². The summed E-state index contributed by atoms with van der Waals surface area (Å²) in [6.45, 7) is 3.74.